The largest absolute Gasteiger partial charge is 0.489 e. The number of fused-ring (bicyclic) bond motifs is 1. The maximum Gasteiger partial charge on any atom is 0.449 e. The van der Waals surface area contributed by atoms with Crippen LogP contribution in [0.4, 0.5) is 13.2 Å². The Kier molecular flexibility index (Phi) is 7.13. The second-order valence-electron chi connectivity index (χ2n) is 8.62. The summed E-state index contributed by atoms with van der Waals surface area (Å²) in [5, 5.41) is 14.5. The second-order valence-corrected chi connectivity index (χ2v) is 8.62. The Balaban J connectivity index is 1.35. The van der Waals surface area contributed by atoms with Crippen molar-refractivity contribution in [3.05, 3.63) is 76.9 Å². The number of para-hydroxylation sites is 2. The van der Waals surface area contributed by atoms with Crippen LogP contribution in [0, 0.1) is 13.8 Å². The molecule has 0 unspecified atom stereocenters. The van der Waals surface area contributed by atoms with Gasteiger partial charge in [0, 0.05) is 13.1 Å². The van der Waals surface area contributed by atoms with Crippen LogP contribution in [0.3, 0.4) is 0 Å². The summed E-state index contributed by atoms with van der Waals surface area (Å²) in [5.41, 5.74) is 3.28. The van der Waals surface area contributed by atoms with Gasteiger partial charge in [-0.05, 0) is 50.7 Å². The smallest absolute Gasteiger partial charge is 0.449 e. The van der Waals surface area contributed by atoms with E-state index in [1.165, 1.54) is 6.07 Å². The van der Waals surface area contributed by atoms with E-state index in [1.54, 1.807) is 18.2 Å². The van der Waals surface area contributed by atoms with E-state index in [4.69, 9.17) is 9.26 Å². The van der Waals surface area contributed by atoms with E-state index in [0.717, 1.165) is 27.1 Å². The van der Waals surface area contributed by atoms with E-state index in [9.17, 15) is 18.3 Å². The topological polar surface area (TPSA) is 76.6 Å². The van der Waals surface area contributed by atoms with Crippen LogP contribution in [-0.4, -0.2) is 44.4 Å². The first kappa shape index (κ1) is 24.7. The molecule has 0 spiro atoms. The maximum atomic E-state index is 13.5. The molecule has 0 aliphatic rings. The van der Waals surface area contributed by atoms with Crippen molar-refractivity contribution in [2.24, 2.45) is 0 Å². The highest BCUT2D eigenvalue weighted by molar-refractivity contribution is 5.76. The Bertz CT molecular complexity index is 1260. The number of aromatic nitrogens is 3. The predicted octanol–water partition coefficient (Wildman–Crippen LogP) is 4.73. The standard InChI is InChI=1S/C25H27F3N4O3/c1-16-21(17(2)35-30-16)15-34-20-10-8-18(9-11-20)12-31(3)13-19(33)14-32-23-7-5-4-6-22(23)29-24(32)25(26,27)28/h4-11,19,33H,12-15H2,1-3H3/t19-/m1/s1. The first-order chi connectivity index (χ1) is 16.6. The molecular weight excluding hydrogens is 461 g/mol. The summed E-state index contributed by atoms with van der Waals surface area (Å²) in [4.78, 5) is 5.58. The van der Waals surface area contributed by atoms with E-state index in [1.807, 2.05) is 50.1 Å². The van der Waals surface area contributed by atoms with Crippen molar-refractivity contribution in [2.45, 2.75) is 45.8 Å². The molecule has 0 saturated carbocycles. The van der Waals surface area contributed by atoms with Gasteiger partial charge in [0.15, 0.2) is 0 Å². The molecule has 0 aliphatic heterocycles. The number of alkyl halides is 3. The number of hydrogen-bond acceptors (Lipinski definition) is 6. The van der Waals surface area contributed by atoms with Crippen LogP contribution in [0.25, 0.3) is 11.0 Å². The highest BCUT2D eigenvalue weighted by Gasteiger charge is 2.38. The zero-order valence-corrected chi connectivity index (χ0v) is 19.7. The van der Waals surface area contributed by atoms with Crippen LogP contribution in [0.2, 0.25) is 0 Å². The van der Waals surface area contributed by atoms with E-state index < -0.39 is 18.1 Å². The molecule has 7 nitrogen and oxygen atoms in total. The van der Waals surface area contributed by atoms with E-state index in [-0.39, 0.29) is 18.6 Å². The summed E-state index contributed by atoms with van der Waals surface area (Å²) in [6, 6.07) is 13.9. The summed E-state index contributed by atoms with van der Waals surface area (Å²) in [6.07, 6.45) is -5.63. The lowest BCUT2D eigenvalue weighted by Crippen LogP contribution is -2.32. The van der Waals surface area contributed by atoms with Gasteiger partial charge in [-0.2, -0.15) is 13.2 Å². The second kappa shape index (κ2) is 10.1. The zero-order valence-electron chi connectivity index (χ0n) is 19.7. The molecule has 1 atom stereocenters. The molecule has 2 aromatic carbocycles. The number of rotatable bonds is 9. The monoisotopic (exact) mass is 488 g/mol. The van der Waals surface area contributed by atoms with Crippen molar-refractivity contribution < 1.29 is 27.5 Å². The van der Waals surface area contributed by atoms with Crippen molar-refractivity contribution in [1.29, 1.82) is 0 Å². The number of hydrogen-bond donors (Lipinski definition) is 1. The number of nitrogens with zero attached hydrogens (tertiary/aromatic N) is 4. The summed E-state index contributed by atoms with van der Waals surface area (Å²) in [5.74, 6) is 0.418. The first-order valence-corrected chi connectivity index (χ1v) is 11.1. The fraction of sp³-hybridized carbons (Fsp3) is 0.360. The first-order valence-electron chi connectivity index (χ1n) is 11.1. The molecule has 2 heterocycles. The third kappa shape index (κ3) is 5.83. The van der Waals surface area contributed by atoms with Gasteiger partial charge in [0.25, 0.3) is 0 Å². The lowest BCUT2D eigenvalue weighted by molar-refractivity contribution is -0.147. The summed E-state index contributed by atoms with van der Waals surface area (Å²) in [7, 11) is 1.81. The molecule has 2 aromatic heterocycles. The van der Waals surface area contributed by atoms with Crippen LogP contribution < -0.4 is 4.74 Å². The van der Waals surface area contributed by atoms with E-state index >= 15 is 0 Å². The molecule has 0 aliphatic carbocycles. The Labute approximate surface area is 200 Å². The number of aryl methyl sites for hydroxylation is 2. The minimum absolute atomic E-state index is 0.189. The molecule has 0 radical (unpaired) electrons. The number of ether oxygens (including phenoxy) is 1. The number of benzene rings is 2. The molecule has 4 aromatic rings. The van der Waals surface area contributed by atoms with Gasteiger partial charge in [-0.15, -0.1) is 0 Å². The van der Waals surface area contributed by atoms with Gasteiger partial charge < -0.3 is 18.9 Å². The number of likely N-dealkylation sites (N-methyl/N-ethyl adjacent to an activating group) is 1. The van der Waals surface area contributed by atoms with Crippen LogP contribution in [0.15, 0.2) is 53.1 Å². The fourth-order valence-corrected chi connectivity index (χ4v) is 4.04. The Morgan fingerprint density at radius 1 is 1.11 bits per heavy atom. The molecule has 10 heteroatoms. The highest BCUT2D eigenvalue weighted by Crippen LogP contribution is 2.31. The van der Waals surface area contributed by atoms with Gasteiger partial charge in [0.1, 0.15) is 18.1 Å². The molecule has 1 N–H and O–H groups in total. The quantitative estimate of drug-likeness (QED) is 0.367. The molecular formula is C25H27F3N4O3. The van der Waals surface area contributed by atoms with Gasteiger partial charge in [-0.3, -0.25) is 4.90 Å². The van der Waals surface area contributed by atoms with Crippen molar-refractivity contribution in [3.63, 3.8) is 0 Å². The summed E-state index contributed by atoms with van der Waals surface area (Å²) >= 11 is 0. The van der Waals surface area contributed by atoms with Gasteiger partial charge in [0.2, 0.25) is 5.82 Å². The van der Waals surface area contributed by atoms with Crippen LogP contribution in [0.1, 0.15) is 28.4 Å². The molecule has 0 amide bonds. The van der Waals surface area contributed by atoms with Gasteiger partial charge in [0.05, 0.1) is 34.9 Å². The SMILES string of the molecule is Cc1noc(C)c1COc1ccc(CN(C)C[C@@H](O)Cn2c(C(F)(F)F)nc3ccccc32)cc1. The van der Waals surface area contributed by atoms with E-state index in [2.05, 4.69) is 10.1 Å². The van der Waals surface area contributed by atoms with Crippen molar-refractivity contribution in [2.75, 3.05) is 13.6 Å². The van der Waals surface area contributed by atoms with Crippen LogP contribution >= 0.6 is 0 Å². The summed E-state index contributed by atoms with van der Waals surface area (Å²) < 4.78 is 52.5. The number of imidazole rings is 1. The predicted molar refractivity (Wildman–Crippen MR) is 124 cm³/mol. The van der Waals surface area contributed by atoms with Crippen LogP contribution in [-0.2, 0) is 25.9 Å². The molecule has 0 fully saturated rings. The van der Waals surface area contributed by atoms with Crippen molar-refractivity contribution >= 4 is 11.0 Å². The third-order valence-corrected chi connectivity index (χ3v) is 5.76. The lowest BCUT2D eigenvalue weighted by Gasteiger charge is -2.22. The Morgan fingerprint density at radius 2 is 1.83 bits per heavy atom. The van der Waals surface area contributed by atoms with Gasteiger partial charge in [-0.25, -0.2) is 4.98 Å². The third-order valence-electron chi connectivity index (χ3n) is 5.76. The summed E-state index contributed by atoms with van der Waals surface area (Å²) in [6.45, 7) is 4.54. The maximum absolute atomic E-state index is 13.5. The normalized spacial score (nSPS) is 13.0. The average molecular weight is 489 g/mol. The number of aliphatic hydroxyl groups is 1. The van der Waals surface area contributed by atoms with Gasteiger partial charge >= 0.3 is 6.18 Å². The van der Waals surface area contributed by atoms with E-state index in [0.29, 0.717) is 24.4 Å². The minimum Gasteiger partial charge on any atom is -0.489 e. The molecule has 186 valence electrons. The van der Waals surface area contributed by atoms with Crippen molar-refractivity contribution in [3.8, 4) is 5.75 Å². The molecule has 35 heavy (non-hydrogen) atoms. The number of halogens is 3. The Hall–Kier alpha value is -3.37. The fourth-order valence-electron chi connectivity index (χ4n) is 4.04. The molecule has 0 saturated heterocycles. The van der Waals surface area contributed by atoms with Crippen LogP contribution in [0.5, 0.6) is 5.75 Å². The Morgan fingerprint density at radius 3 is 2.49 bits per heavy atom. The average Bonchev–Trinajstić information content (AvgIpc) is 3.33. The minimum atomic E-state index is -4.61. The molecule has 4 rings (SSSR count). The highest BCUT2D eigenvalue weighted by atomic mass is 19.4. The zero-order chi connectivity index (χ0) is 25.2. The van der Waals surface area contributed by atoms with Crippen molar-refractivity contribution in [1.82, 2.24) is 19.6 Å². The molecule has 0 bridgehead atoms. The van der Waals surface area contributed by atoms with Gasteiger partial charge in [-0.1, -0.05) is 29.4 Å². The number of aliphatic hydroxyl groups excluding tert-OH is 1. The lowest BCUT2D eigenvalue weighted by atomic mass is 10.2.